The number of alkyl halides is 2. The van der Waals surface area contributed by atoms with Crippen molar-refractivity contribution < 1.29 is 58.5 Å². The monoisotopic (exact) mass is 628 g/mol. The molecule has 1 aliphatic heterocycles. The van der Waals surface area contributed by atoms with Crippen LogP contribution in [0.4, 0.5) is 39.5 Å². The first kappa shape index (κ1) is 31.4. The smallest absolute Gasteiger partial charge is 0.429 e. The molecule has 1 fully saturated rings. The molecular weight excluding hydrogens is 607 g/mol. The molecule has 4 aromatic carbocycles. The molecule has 1 aliphatic rings. The van der Waals surface area contributed by atoms with E-state index in [2.05, 4.69) is 4.74 Å². The Hall–Kier alpha value is -4.07. The largest absolute Gasteiger partial charge is 0.432 e. The summed E-state index contributed by atoms with van der Waals surface area (Å²) in [7, 11) is 1.52. The van der Waals surface area contributed by atoms with E-state index in [-0.39, 0.29) is 42.4 Å². The number of hydrogen-bond donors (Lipinski definition) is 0. The number of ether oxygens (including phenoxy) is 4. The summed E-state index contributed by atoms with van der Waals surface area (Å²) in [6.45, 7) is 0.971. The molecule has 4 nitrogen and oxygen atoms in total. The highest BCUT2D eigenvalue weighted by Crippen LogP contribution is 2.39. The molecule has 232 valence electrons. The van der Waals surface area contributed by atoms with Crippen molar-refractivity contribution in [2.45, 2.75) is 12.4 Å². The summed E-state index contributed by atoms with van der Waals surface area (Å²) in [5.41, 5.74) is -3.71. The molecule has 4 aromatic rings. The van der Waals surface area contributed by atoms with Gasteiger partial charge in [0.25, 0.3) is 0 Å². The lowest BCUT2D eigenvalue weighted by Crippen LogP contribution is -2.29. The highest BCUT2D eigenvalue weighted by molar-refractivity contribution is 5.67. The first-order chi connectivity index (χ1) is 20.9. The van der Waals surface area contributed by atoms with Gasteiger partial charge in [0.05, 0.1) is 25.4 Å². The van der Waals surface area contributed by atoms with Crippen LogP contribution in [0.15, 0.2) is 60.7 Å². The zero-order valence-corrected chi connectivity index (χ0v) is 22.6. The Morgan fingerprint density at radius 2 is 1.30 bits per heavy atom. The molecule has 0 unspecified atom stereocenters. The molecule has 0 amide bonds. The summed E-state index contributed by atoms with van der Waals surface area (Å²) in [6, 6.07) is 6.99. The summed E-state index contributed by atoms with van der Waals surface area (Å²) in [5.74, 6) is -11.5. The van der Waals surface area contributed by atoms with Crippen LogP contribution in [0.2, 0.25) is 0 Å². The maximum Gasteiger partial charge on any atom is 0.432 e. The SMILES string of the molecule is COCC1COC(c2ccc(-c3cc(F)c(C(F)(F)Oc4cc(F)c(-c5ccc(F)c(F)c5)c(F)c4)c(F)c3)c(F)c2)OC1. The van der Waals surface area contributed by atoms with Crippen molar-refractivity contribution in [2.75, 3.05) is 26.9 Å². The van der Waals surface area contributed by atoms with Gasteiger partial charge < -0.3 is 18.9 Å². The minimum Gasteiger partial charge on any atom is -0.429 e. The Morgan fingerprint density at radius 3 is 1.86 bits per heavy atom. The van der Waals surface area contributed by atoms with Crippen LogP contribution >= 0.6 is 0 Å². The fourth-order valence-electron chi connectivity index (χ4n) is 4.72. The first-order valence-corrected chi connectivity index (χ1v) is 12.9. The van der Waals surface area contributed by atoms with E-state index in [4.69, 9.17) is 14.2 Å². The predicted molar refractivity (Wildman–Crippen MR) is 138 cm³/mol. The second-order valence-corrected chi connectivity index (χ2v) is 9.88. The van der Waals surface area contributed by atoms with Gasteiger partial charge in [0.1, 0.15) is 40.4 Å². The normalized spacial score (nSPS) is 17.1. The van der Waals surface area contributed by atoms with Gasteiger partial charge in [0, 0.05) is 36.3 Å². The minimum atomic E-state index is -4.80. The number of halogens is 9. The van der Waals surface area contributed by atoms with Crippen LogP contribution in [0.5, 0.6) is 5.75 Å². The lowest BCUT2D eigenvalue weighted by Gasteiger charge is -2.29. The quantitative estimate of drug-likeness (QED) is 0.184. The number of methoxy groups -OCH3 is 1. The molecule has 0 saturated carbocycles. The van der Waals surface area contributed by atoms with Crippen molar-refractivity contribution in [2.24, 2.45) is 5.92 Å². The molecule has 0 spiro atoms. The van der Waals surface area contributed by atoms with Gasteiger partial charge in [0.2, 0.25) is 0 Å². The third-order valence-corrected chi connectivity index (χ3v) is 6.75. The molecule has 1 saturated heterocycles. The molecular formula is C31H21F9O4. The standard InChI is InChI=1S/C31H21F9O4/c1-41-12-15-13-42-30(43-14-15)17-2-4-20(22(33)7-17)18-8-26(37)29(27(38)9-18)31(39,40)44-19-10-24(35)28(25(36)11-19)16-3-5-21(32)23(34)6-16/h2-11,15,30H,12-14H2,1H3. The molecule has 13 heteroatoms. The van der Waals surface area contributed by atoms with Gasteiger partial charge >= 0.3 is 6.11 Å². The molecule has 1 heterocycles. The highest BCUT2D eigenvalue weighted by Gasteiger charge is 2.42. The van der Waals surface area contributed by atoms with E-state index >= 15 is 0 Å². The molecule has 0 aromatic heterocycles. The third-order valence-electron chi connectivity index (χ3n) is 6.75. The van der Waals surface area contributed by atoms with Crippen LogP contribution in [0.3, 0.4) is 0 Å². The fraction of sp³-hybridized carbons (Fsp3) is 0.226. The van der Waals surface area contributed by atoms with E-state index in [0.717, 1.165) is 12.1 Å². The van der Waals surface area contributed by atoms with E-state index < -0.39 is 81.1 Å². The lowest BCUT2D eigenvalue weighted by atomic mass is 10.00. The van der Waals surface area contributed by atoms with Crippen LogP contribution in [0.1, 0.15) is 17.4 Å². The van der Waals surface area contributed by atoms with E-state index in [0.29, 0.717) is 30.9 Å². The van der Waals surface area contributed by atoms with E-state index in [1.54, 1.807) is 0 Å². The molecule has 0 atom stereocenters. The predicted octanol–water partition coefficient (Wildman–Crippen LogP) is 8.43. The highest BCUT2D eigenvalue weighted by atomic mass is 19.3. The lowest BCUT2D eigenvalue weighted by molar-refractivity contribution is -0.211. The Labute approximate surface area is 244 Å². The van der Waals surface area contributed by atoms with Crippen molar-refractivity contribution in [1.82, 2.24) is 0 Å². The van der Waals surface area contributed by atoms with E-state index in [1.165, 1.54) is 19.2 Å². The summed E-state index contributed by atoms with van der Waals surface area (Å²) in [4.78, 5) is 0. The Balaban J connectivity index is 1.37. The van der Waals surface area contributed by atoms with Crippen molar-refractivity contribution in [3.8, 4) is 28.0 Å². The van der Waals surface area contributed by atoms with Gasteiger partial charge in [-0.3, -0.25) is 0 Å². The van der Waals surface area contributed by atoms with Gasteiger partial charge in [-0.25, -0.2) is 30.7 Å². The second-order valence-electron chi connectivity index (χ2n) is 9.88. The molecule has 0 aliphatic carbocycles. The van der Waals surface area contributed by atoms with Gasteiger partial charge in [-0.2, -0.15) is 8.78 Å². The number of hydrogen-bond acceptors (Lipinski definition) is 4. The van der Waals surface area contributed by atoms with Crippen LogP contribution in [-0.2, 0) is 20.3 Å². The maximum atomic E-state index is 15.0. The van der Waals surface area contributed by atoms with Crippen LogP contribution in [0.25, 0.3) is 22.3 Å². The van der Waals surface area contributed by atoms with Crippen LogP contribution in [-0.4, -0.2) is 26.9 Å². The fourth-order valence-corrected chi connectivity index (χ4v) is 4.72. The average molecular weight is 628 g/mol. The van der Waals surface area contributed by atoms with Crippen LogP contribution < -0.4 is 4.74 Å². The average Bonchev–Trinajstić information content (AvgIpc) is 2.94. The van der Waals surface area contributed by atoms with Gasteiger partial charge in [-0.05, 0) is 41.5 Å². The van der Waals surface area contributed by atoms with Gasteiger partial charge in [-0.15, -0.1) is 0 Å². The number of rotatable bonds is 8. The Morgan fingerprint density at radius 1 is 0.682 bits per heavy atom. The first-order valence-electron chi connectivity index (χ1n) is 12.9. The molecule has 5 rings (SSSR count). The Bertz CT molecular complexity index is 1640. The molecule has 44 heavy (non-hydrogen) atoms. The van der Waals surface area contributed by atoms with Gasteiger partial charge in [0.15, 0.2) is 17.9 Å². The summed E-state index contributed by atoms with van der Waals surface area (Å²) >= 11 is 0. The van der Waals surface area contributed by atoms with Crippen molar-refractivity contribution >= 4 is 0 Å². The van der Waals surface area contributed by atoms with E-state index in [9.17, 15) is 39.5 Å². The maximum absolute atomic E-state index is 15.0. The zero-order chi connectivity index (χ0) is 31.8. The molecule has 0 radical (unpaired) electrons. The van der Waals surface area contributed by atoms with Crippen molar-refractivity contribution in [3.63, 3.8) is 0 Å². The Kier molecular flexibility index (Phi) is 8.91. The van der Waals surface area contributed by atoms with Crippen molar-refractivity contribution in [3.05, 3.63) is 113 Å². The number of benzene rings is 4. The minimum absolute atomic E-state index is 0.0169. The zero-order valence-electron chi connectivity index (χ0n) is 22.6. The topological polar surface area (TPSA) is 36.9 Å². The molecule has 0 bridgehead atoms. The summed E-state index contributed by atoms with van der Waals surface area (Å²) in [5, 5.41) is 0. The summed E-state index contributed by atoms with van der Waals surface area (Å²) in [6.07, 6.45) is -5.70. The molecule has 0 N–H and O–H groups in total. The van der Waals surface area contributed by atoms with Gasteiger partial charge in [-0.1, -0.05) is 18.2 Å². The van der Waals surface area contributed by atoms with E-state index in [1.807, 2.05) is 0 Å². The summed E-state index contributed by atoms with van der Waals surface area (Å²) < 4.78 is 151. The van der Waals surface area contributed by atoms with Crippen molar-refractivity contribution in [1.29, 1.82) is 0 Å². The third kappa shape index (κ3) is 6.40. The second kappa shape index (κ2) is 12.5. The van der Waals surface area contributed by atoms with Crippen LogP contribution in [0, 0.1) is 46.6 Å².